The lowest BCUT2D eigenvalue weighted by atomic mass is 9.94. The normalized spacial score (nSPS) is 25.7. The zero-order valence-electron chi connectivity index (χ0n) is 11.4. The lowest BCUT2D eigenvalue weighted by Gasteiger charge is -2.40. The number of nitrogens with zero attached hydrogens (tertiary/aromatic N) is 2. The third kappa shape index (κ3) is 2.75. The van der Waals surface area contributed by atoms with Crippen molar-refractivity contribution in [3.8, 4) is 0 Å². The second-order valence-electron chi connectivity index (χ2n) is 4.61. The van der Waals surface area contributed by atoms with E-state index >= 15 is 0 Å². The molecule has 0 bridgehead atoms. The van der Waals surface area contributed by atoms with Crippen molar-refractivity contribution in [2.45, 2.75) is 12.8 Å². The molecule has 0 saturated carbocycles. The number of sulfonamides is 1. The first-order chi connectivity index (χ1) is 9.16. The number of nitrogens with two attached hydrogens (primary N) is 2. The summed E-state index contributed by atoms with van der Waals surface area (Å²) in [4.78, 5) is 27.5. The first-order valence-electron chi connectivity index (χ1n) is 5.93. The van der Waals surface area contributed by atoms with Crippen molar-refractivity contribution < 1.29 is 26.6 Å². The van der Waals surface area contributed by atoms with Gasteiger partial charge in [-0.15, -0.1) is 0 Å². The fourth-order valence-electron chi connectivity index (χ4n) is 2.17. The topological polar surface area (TPSA) is 142 Å². The molecule has 114 valence electrons. The fourth-order valence-corrected chi connectivity index (χ4v) is 3.44. The van der Waals surface area contributed by atoms with Crippen LogP contribution in [0.15, 0.2) is 4.99 Å². The predicted molar refractivity (Wildman–Crippen MR) is 70.8 cm³/mol. The van der Waals surface area contributed by atoms with E-state index in [2.05, 4.69) is 9.73 Å². The van der Waals surface area contributed by atoms with Crippen LogP contribution in [0.25, 0.3) is 0 Å². The van der Waals surface area contributed by atoms with Crippen LogP contribution in [-0.4, -0.2) is 56.7 Å². The Balaban J connectivity index is 2.72. The minimum absolute atomic E-state index is 0.0410. The lowest BCUT2D eigenvalue weighted by Crippen LogP contribution is -2.72. The first-order valence-corrected chi connectivity index (χ1v) is 7.78. The van der Waals surface area contributed by atoms with Crippen LogP contribution in [0.4, 0.5) is 4.79 Å². The molecule has 2 amide bonds. The van der Waals surface area contributed by atoms with Crippen LogP contribution < -0.4 is 11.5 Å². The van der Waals surface area contributed by atoms with Crippen molar-refractivity contribution in [1.82, 2.24) is 0 Å². The van der Waals surface area contributed by atoms with E-state index < -0.39 is 31.8 Å². The number of hydrogen-bond donors (Lipinski definition) is 2. The van der Waals surface area contributed by atoms with Gasteiger partial charge in [-0.2, -0.15) is 13.2 Å². The number of β-lactam (4-membered cyclic amide) rings is 1. The van der Waals surface area contributed by atoms with Gasteiger partial charge in [0.15, 0.2) is 5.96 Å². The molecule has 0 aliphatic carbocycles. The number of amides is 2. The van der Waals surface area contributed by atoms with Gasteiger partial charge < -0.3 is 16.2 Å². The van der Waals surface area contributed by atoms with Gasteiger partial charge in [0.1, 0.15) is 12.5 Å². The molecular weight excluding hydrogens is 288 g/mol. The molecule has 1 heterocycles. The Bertz CT molecular complexity index is 540. The maximum atomic E-state index is 12.1. The summed E-state index contributed by atoms with van der Waals surface area (Å²) in [7, 11) is -2.87. The Morgan fingerprint density at radius 3 is 2.50 bits per heavy atom. The third-order valence-electron chi connectivity index (χ3n) is 3.22. The predicted octanol–water partition coefficient (Wildman–Crippen LogP) is -1.26. The van der Waals surface area contributed by atoms with Crippen LogP contribution in [-0.2, 0) is 19.6 Å². The van der Waals surface area contributed by atoms with Gasteiger partial charge in [-0.05, 0) is 12.8 Å². The van der Waals surface area contributed by atoms with Gasteiger partial charge >= 0.3 is 22.0 Å². The Morgan fingerprint density at radius 1 is 1.50 bits per heavy atom. The monoisotopic (exact) mass is 307 g/mol. The van der Waals surface area contributed by atoms with Gasteiger partial charge in [0, 0.05) is 6.54 Å². The highest BCUT2D eigenvalue weighted by Gasteiger charge is 2.67. The minimum atomic E-state index is -3.92. The van der Waals surface area contributed by atoms with Crippen LogP contribution in [0.3, 0.4) is 0 Å². The SMILES string of the molecule is COC(=O)[N@+]1(S(C)(=O)=O)C[C@@H](CCCN=C(N)N)C1=O. The number of quaternary nitrogens is 1. The van der Waals surface area contributed by atoms with Gasteiger partial charge in [-0.1, -0.05) is 3.89 Å². The van der Waals surface area contributed by atoms with Crippen LogP contribution in [0, 0.1) is 5.92 Å². The largest absolute Gasteiger partial charge is 0.539 e. The second-order valence-corrected chi connectivity index (χ2v) is 6.70. The average Bonchev–Trinajstić information content (AvgIpc) is 2.33. The molecule has 1 aliphatic rings. The number of rotatable bonds is 5. The van der Waals surface area contributed by atoms with E-state index in [0.717, 1.165) is 13.4 Å². The molecule has 1 rings (SSSR count). The van der Waals surface area contributed by atoms with E-state index in [4.69, 9.17) is 11.5 Å². The van der Waals surface area contributed by atoms with E-state index in [-0.39, 0.29) is 12.5 Å². The highest BCUT2D eigenvalue weighted by Crippen LogP contribution is 2.35. The van der Waals surface area contributed by atoms with E-state index in [9.17, 15) is 18.0 Å². The summed E-state index contributed by atoms with van der Waals surface area (Å²) in [5.74, 6) is -1.21. The highest BCUT2D eigenvalue weighted by molar-refractivity contribution is 7.85. The highest BCUT2D eigenvalue weighted by atomic mass is 32.2. The molecular formula is C10H19N4O5S+. The minimum Gasteiger partial charge on any atom is -0.422 e. The molecule has 1 aliphatic heterocycles. The van der Waals surface area contributed by atoms with Crippen LogP contribution in [0.5, 0.6) is 0 Å². The molecule has 1 fully saturated rings. The number of imide groups is 1. The Hall–Kier alpha value is -1.68. The molecule has 0 aromatic carbocycles. The zero-order valence-corrected chi connectivity index (χ0v) is 12.2. The Morgan fingerprint density at radius 2 is 2.10 bits per heavy atom. The average molecular weight is 307 g/mol. The van der Waals surface area contributed by atoms with Gasteiger partial charge in [0.05, 0.1) is 13.4 Å². The molecule has 0 aromatic rings. The number of carbonyl (C=O) groups excluding carboxylic acids is 2. The second kappa shape index (κ2) is 5.75. The lowest BCUT2D eigenvalue weighted by molar-refractivity contribution is -0.694. The zero-order chi connectivity index (χ0) is 15.6. The number of carbonyl (C=O) groups is 2. The Labute approximate surface area is 117 Å². The molecule has 4 N–H and O–H groups in total. The van der Waals surface area contributed by atoms with Crippen molar-refractivity contribution in [3.05, 3.63) is 0 Å². The van der Waals surface area contributed by atoms with Gasteiger partial charge in [-0.3, -0.25) is 4.99 Å². The standard InChI is InChI=1S/C10H19N4O5S/c1-19-10(16)14(20(2,17)18)6-7(8(14)15)4-3-5-13-9(11)12/h7H,3-6H2,1-2H3,(H4,11,12,13)/q+1/t7-,14+/m1/s1. The van der Waals surface area contributed by atoms with Crippen LogP contribution >= 0.6 is 0 Å². The summed E-state index contributed by atoms with van der Waals surface area (Å²) in [6.45, 7) is 0.245. The van der Waals surface area contributed by atoms with E-state index in [1.54, 1.807) is 0 Å². The van der Waals surface area contributed by atoms with Crippen molar-refractivity contribution in [1.29, 1.82) is 0 Å². The molecule has 0 aromatic heterocycles. The van der Waals surface area contributed by atoms with Crippen molar-refractivity contribution in [2.75, 3.05) is 26.5 Å². The summed E-state index contributed by atoms with van der Waals surface area (Å²) in [5, 5.41) is 0. The maximum absolute atomic E-state index is 12.1. The molecule has 9 nitrogen and oxygen atoms in total. The summed E-state index contributed by atoms with van der Waals surface area (Å²) < 4.78 is 26.6. The number of hydrogen-bond acceptors (Lipinski definition) is 6. The smallest absolute Gasteiger partial charge is 0.422 e. The quantitative estimate of drug-likeness (QED) is 0.212. The van der Waals surface area contributed by atoms with Crippen LogP contribution in [0.1, 0.15) is 12.8 Å². The Kier molecular flexibility index (Phi) is 4.71. The van der Waals surface area contributed by atoms with Gasteiger partial charge in [0.25, 0.3) is 0 Å². The third-order valence-corrected chi connectivity index (χ3v) is 4.83. The van der Waals surface area contributed by atoms with Gasteiger partial charge in [-0.25, -0.2) is 4.79 Å². The maximum Gasteiger partial charge on any atom is 0.539 e. The molecule has 10 heteroatoms. The van der Waals surface area contributed by atoms with Gasteiger partial charge in [0.2, 0.25) is 0 Å². The summed E-state index contributed by atoms with van der Waals surface area (Å²) in [5.41, 5.74) is 10.3. The molecule has 0 spiro atoms. The summed E-state index contributed by atoms with van der Waals surface area (Å²) >= 11 is 0. The van der Waals surface area contributed by atoms with E-state index in [1.165, 1.54) is 0 Å². The van der Waals surface area contributed by atoms with Crippen molar-refractivity contribution in [2.24, 2.45) is 22.4 Å². The van der Waals surface area contributed by atoms with E-state index in [1.807, 2.05) is 0 Å². The number of aliphatic imine (C=N–C) groups is 1. The van der Waals surface area contributed by atoms with Crippen LogP contribution in [0.2, 0.25) is 0 Å². The van der Waals surface area contributed by atoms with Crippen molar-refractivity contribution in [3.63, 3.8) is 0 Å². The fraction of sp³-hybridized carbons (Fsp3) is 0.700. The van der Waals surface area contributed by atoms with E-state index in [0.29, 0.717) is 19.4 Å². The number of likely N-dealkylation sites (tertiary alicyclic amines) is 1. The number of methoxy groups -OCH3 is 1. The number of guanidine groups is 1. The molecule has 2 atom stereocenters. The summed E-state index contributed by atoms with van der Waals surface area (Å²) in [6, 6.07) is 0. The number of ether oxygens (including phenoxy) is 1. The first kappa shape index (κ1) is 16.4. The molecule has 0 unspecified atom stereocenters. The van der Waals surface area contributed by atoms with Crippen molar-refractivity contribution >= 4 is 28.0 Å². The molecule has 20 heavy (non-hydrogen) atoms. The summed E-state index contributed by atoms with van der Waals surface area (Å²) in [6.07, 6.45) is 0.719. The molecule has 0 radical (unpaired) electrons. The molecule has 1 saturated heterocycles.